The highest BCUT2D eigenvalue weighted by Gasteiger charge is 2.13. The molecule has 0 radical (unpaired) electrons. The fourth-order valence-electron chi connectivity index (χ4n) is 1.18. The third-order valence-corrected chi connectivity index (χ3v) is 2.64. The number of halogens is 2. The Morgan fingerprint density at radius 3 is 2.47 bits per heavy atom. The third-order valence-electron chi connectivity index (χ3n) is 2.01. The highest BCUT2D eigenvalue weighted by Crippen LogP contribution is 2.23. The van der Waals surface area contributed by atoms with E-state index in [1.807, 2.05) is 0 Å². The highest BCUT2D eigenvalue weighted by molar-refractivity contribution is 6.39. The number of hydrogen-bond acceptors (Lipinski definition) is 1. The second-order valence-corrected chi connectivity index (χ2v) is 4.02. The predicted octanol–water partition coefficient (Wildman–Crippen LogP) is 3.52. The summed E-state index contributed by atoms with van der Waals surface area (Å²) < 4.78 is 0. The molecule has 0 heterocycles. The number of nitrogens with one attached hydrogen (secondary N) is 1. The zero-order valence-electron chi connectivity index (χ0n) is 8.52. The lowest BCUT2D eigenvalue weighted by Gasteiger charge is -2.07. The second-order valence-electron chi connectivity index (χ2n) is 3.21. The average Bonchev–Trinajstić information content (AvgIpc) is 2.18. The van der Waals surface area contributed by atoms with Gasteiger partial charge in [-0.2, -0.15) is 0 Å². The van der Waals surface area contributed by atoms with Gasteiger partial charge >= 0.3 is 0 Å². The molecule has 1 N–H and O–H groups in total. The topological polar surface area (TPSA) is 29.1 Å². The number of amides is 1. The van der Waals surface area contributed by atoms with Crippen LogP contribution in [0.3, 0.4) is 0 Å². The van der Waals surface area contributed by atoms with Crippen LogP contribution in [0.4, 0.5) is 0 Å². The van der Waals surface area contributed by atoms with E-state index in [-0.39, 0.29) is 5.91 Å². The molecule has 1 aromatic rings. The van der Waals surface area contributed by atoms with E-state index in [2.05, 4.69) is 12.2 Å². The van der Waals surface area contributed by atoms with Gasteiger partial charge in [0.2, 0.25) is 0 Å². The summed E-state index contributed by atoms with van der Waals surface area (Å²) in [6.45, 7) is 2.71. The molecule has 0 aliphatic carbocycles. The first kappa shape index (κ1) is 12.3. The fourth-order valence-corrected chi connectivity index (χ4v) is 1.75. The van der Waals surface area contributed by atoms with Crippen molar-refractivity contribution in [2.24, 2.45) is 0 Å². The van der Waals surface area contributed by atoms with Crippen LogP contribution in [0.15, 0.2) is 18.2 Å². The van der Waals surface area contributed by atoms with Gasteiger partial charge < -0.3 is 5.32 Å². The van der Waals surface area contributed by atoms with Crippen LogP contribution in [-0.2, 0) is 0 Å². The van der Waals surface area contributed by atoms with Crippen LogP contribution in [0.2, 0.25) is 10.0 Å². The van der Waals surface area contributed by atoms with Gasteiger partial charge in [-0.3, -0.25) is 4.79 Å². The van der Waals surface area contributed by atoms with Gasteiger partial charge in [0.1, 0.15) is 0 Å². The van der Waals surface area contributed by atoms with Gasteiger partial charge in [0.15, 0.2) is 0 Å². The Morgan fingerprint density at radius 2 is 1.93 bits per heavy atom. The molecule has 0 bridgehead atoms. The third kappa shape index (κ3) is 3.40. The van der Waals surface area contributed by atoms with Crippen molar-refractivity contribution < 1.29 is 4.79 Å². The Kier molecular flexibility index (Phi) is 4.92. The average molecular weight is 246 g/mol. The Bertz CT molecular complexity index is 332. The maximum atomic E-state index is 11.7. The Labute approximate surface area is 99.6 Å². The summed E-state index contributed by atoms with van der Waals surface area (Å²) in [6.07, 6.45) is 1.99. The summed E-state index contributed by atoms with van der Waals surface area (Å²) in [4.78, 5) is 11.7. The van der Waals surface area contributed by atoms with E-state index < -0.39 is 0 Å². The fraction of sp³-hybridized carbons (Fsp3) is 0.364. The molecule has 1 amide bonds. The van der Waals surface area contributed by atoms with Gasteiger partial charge in [-0.1, -0.05) is 42.6 Å². The lowest BCUT2D eigenvalue weighted by molar-refractivity contribution is 0.0953. The van der Waals surface area contributed by atoms with Crippen LogP contribution >= 0.6 is 23.2 Å². The maximum absolute atomic E-state index is 11.7. The van der Waals surface area contributed by atoms with Crippen LogP contribution in [0.5, 0.6) is 0 Å². The highest BCUT2D eigenvalue weighted by atomic mass is 35.5. The summed E-state index contributed by atoms with van der Waals surface area (Å²) >= 11 is 11.8. The van der Waals surface area contributed by atoms with Crippen LogP contribution in [0, 0.1) is 0 Å². The summed E-state index contributed by atoms with van der Waals surface area (Å²) in [5.74, 6) is -0.209. The minimum atomic E-state index is -0.209. The zero-order chi connectivity index (χ0) is 11.3. The molecule has 4 heteroatoms. The Balaban J connectivity index is 2.73. The van der Waals surface area contributed by atoms with E-state index in [1.54, 1.807) is 18.2 Å². The summed E-state index contributed by atoms with van der Waals surface area (Å²) in [6, 6.07) is 5.03. The molecule has 1 rings (SSSR count). The van der Waals surface area contributed by atoms with Crippen molar-refractivity contribution in [3.8, 4) is 0 Å². The molecular formula is C11H13Cl2NO. The molecule has 15 heavy (non-hydrogen) atoms. The van der Waals surface area contributed by atoms with E-state index >= 15 is 0 Å². The van der Waals surface area contributed by atoms with Crippen molar-refractivity contribution >= 4 is 29.1 Å². The molecule has 0 aliphatic heterocycles. The molecule has 82 valence electrons. The molecule has 1 aromatic carbocycles. The molecule has 2 nitrogen and oxygen atoms in total. The number of hydrogen-bond donors (Lipinski definition) is 1. The summed E-state index contributed by atoms with van der Waals surface area (Å²) in [5, 5.41) is 3.54. The van der Waals surface area contributed by atoms with E-state index in [9.17, 15) is 4.79 Å². The van der Waals surface area contributed by atoms with Gasteiger partial charge in [-0.25, -0.2) is 0 Å². The van der Waals surface area contributed by atoms with E-state index in [1.165, 1.54) is 0 Å². The first-order valence-electron chi connectivity index (χ1n) is 4.89. The number of rotatable bonds is 4. The minimum Gasteiger partial charge on any atom is -0.352 e. The van der Waals surface area contributed by atoms with E-state index in [0.717, 1.165) is 12.8 Å². The van der Waals surface area contributed by atoms with Crippen LogP contribution in [-0.4, -0.2) is 12.5 Å². The molecule has 0 fully saturated rings. The summed E-state index contributed by atoms with van der Waals surface area (Å²) in [5.41, 5.74) is 0.358. The standard InChI is InChI=1S/C11H13Cl2NO/c1-2-3-7-14-11(15)10-8(12)5-4-6-9(10)13/h4-6H,2-3,7H2,1H3,(H,14,15). The molecule has 0 spiro atoms. The van der Waals surface area contributed by atoms with Crippen molar-refractivity contribution in [2.75, 3.05) is 6.54 Å². The molecule has 0 saturated carbocycles. The zero-order valence-corrected chi connectivity index (χ0v) is 10.0. The Hall–Kier alpha value is -0.730. The molecule has 0 saturated heterocycles. The van der Waals surface area contributed by atoms with Crippen molar-refractivity contribution in [1.29, 1.82) is 0 Å². The maximum Gasteiger partial charge on any atom is 0.254 e. The number of carbonyl (C=O) groups is 1. The molecule has 0 aromatic heterocycles. The van der Waals surface area contributed by atoms with Crippen molar-refractivity contribution in [3.05, 3.63) is 33.8 Å². The quantitative estimate of drug-likeness (QED) is 0.809. The van der Waals surface area contributed by atoms with Gasteiger partial charge in [-0.15, -0.1) is 0 Å². The van der Waals surface area contributed by atoms with Crippen molar-refractivity contribution in [3.63, 3.8) is 0 Å². The smallest absolute Gasteiger partial charge is 0.254 e. The largest absolute Gasteiger partial charge is 0.352 e. The SMILES string of the molecule is CCCCNC(=O)c1c(Cl)cccc1Cl. The first-order valence-corrected chi connectivity index (χ1v) is 5.64. The van der Waals surface area contributed by atoms with E-state index in [0.29, 0.717) is 22.2 Å². The lowest BCUT2D eigenvalue weighted by atomic mass is 10.2. The lowest BCUT2D eigenvalue weighted by Crippen LogP contribution is -2.24. The van der Waals surface area contributed by atoms with E-state index in [4.69, 9.17) is 23.2 Å². The molecule has 0 atom stereocenters. The molecular weight excluding hydrogens is 233 g/mol. The second kappa shape index (κ2) is 5.99. The van der Waals surface area contributed by atoms with Gasteiger partial charge in [0.25, 0.3) is 5.91 Å². The first-order chi connectivity index (χ1) is 7.16. The number of benzene rings is 1. The number of carbonyl (C=O) groups excluding carboxylic acids is 1. The Morgan fingerprint density at radius 1 is 1.33 bits per heavy atom. The summed E-state index contributed by atoms with van der Waals surface area (Å²) in [7, 11) is 0. The number of unbranched alkanes of at least 4 members (excludes halogenated alkanes) is 1. The predicted molar refractivity (Wildman–Crippen MR) is 63.7 cm³/mol. The van der Waals surface area contributed by atoms with Crippen LogP contribution in [0.1, 0.15) is 30.1 Å². The van der Waals surface area contributed by atoms with Crippen LogP contribution in [0.25, 0.3) is 0 Å². The molecule has 0 unspecified atom stereocenters. The minimum absolute atomic E-state index is 0.209. The van der Waals surface area contributed by atoms with Crippen LogP contribution < -0.4 is 5.32 Å². The normalized spacial score (nSPS) is 10.1. The van der Waals surface area contributed by atoms with Crippen molar-refractivity contribution in [1.82, 2.24) is 5.32 Å². The van der Waals surface area contributed by atoms with Gasteiger partial charge in [0, 0.05) is 6.54 Å². The van der Waals surface area contributed by atoms with Crippen molar-refractivity contribution in [2.45, 2.75) is 19.8 Å². The van der Waals surface area contributed by atoms with Gasteiger partial charge in [-0.05, 0) is 18.6 Å². The molecule has 0 aliphatic rings. The van der Waals surface area contributed by atoms with Gasteiger partial charge in [0.05, 0.1) is 15.6 Å². The monoisotopic (exact) mass is 245 g/mol.